The monoisotopic (exact) mass is 2040 g/mol. The van der Waals surface area contributed by atoms with Crippen molar-refractivity contribution >= 4 is 100 Å². The summed E-state index contributed by atoms with van der Waals surface area (Å²) in [6.45, 7) is 17.9. The average molecular weight is 2040 g/mol. The molecule has 41 heteroatoms. The highest BCUT2D eigenvalue weighted by Gasteiger charge is 2.29. The summed E-state index contributed by atoms with van der Waals surface area (Å²) < 4.78 is 132. The average Bonchev–Trinajstić information content (AvgIpc) is 1.66. The lowest BCUT2D eigenvalue weighted by Gasteiger charge is -2.30. The molecule has 2 saturated heterocycles. The molecule has 6 N–H and O–H groups in total. The van der Waals surface area contributed by atoms with E-state index >= 15 is 0 Å². The SMILES string of the molecule is C.Cc1cc(-c2nc(C(=O)Nc3cn4cc(C(C)(C)O)nc4cc3-c3cc(F)cc(F)c3)co2)ccn1.Cc1cc(-c2nc(C(=O)Nc3cn4cc(CCC(C)(C)O)nc4cc3N3CCCCC3)co2)ccn1.Cc1cc(-c2nc(C(=O)Nc3cn4cc(CCS(C)(=O)=O)nc4cc3N3CCCCC3)co2)ccn1.Cc1cccc(-c2nc(C(=O)Nc3cn4cc(CCS(C)(=O)=O)nc4cc3-c3cc(F)cc(F)c3)co2)c1. The molecule has 2 fully saturated rings. The summed E-state index contributed by atoms with van der Waals surface area (Å²) in [7, 11) is -6.30. The Balaban J connectivity index is 0.000000140. The maximum atomic E-state index is 14.1. The van der Waals surface area contributed by atoms with Gasteiger partial charge in [0.2, 0.25) is 23.6 Å². The standard InChI is InChI=1S/C27H22F2N4O4S.C27H32N6O3.C26H21F2N5O3.C25H28N6O4S.CH4/c1-16-4-3-5-17(8-16)27-32-24(15-37-27)26(34)31-23-14-33-13-21(6-7-38(2,35)36)30-25(33)12-22(23)18-9-19(28)11-20(29)10-18;1-18-13-19(8-10-28-18)26-31-22(17-36-26)25(34)30-21-16-33-15-20(7-9-27(2,3)35)29-24(33)14-23(21)32-11-5-4-6-12-32;1-14-6-15(4-5-29-14)25-31-21(13-36-25)24(34)30-20-11-33-12-22(26(2,3)35)32-23(33)10-19(20)16-7-17(27)9-18(28)8-16;1-17-12-18(6-8-26-17)25-29-21(16-35-25)24(32)28-20-15-31-14-19(7-11-36(2,33)34)27-23(31)13-22(20)30-9-4-3-5-10-30;/h3-5,8-15H,6-7H2,1-2H3,(H,31,34);8,10,13-17,35H,4-7,9,11-12H2,1-3H3,(H,30,34);4-13,35H,1-3H3,(H,30,34);6,8,12-16H,3-5,7,9-11H2,1-2H3,(H,28,32);1H4. The van der Waals surface area contributed by atoms with Crippen LogP contribution in [0.4, 0.5) is 51.7 Å². The molecule has 0 bridgehead atoms. The van der Waals surface area contributed by atoms with Gasteiger partial charge in [-0.1, -0.05) is 25.1 Å². The number of hydrogen-bond donors (Lipinski definition) is 6. The molecule has 0 aliphatic carbocycles. The number of oxazole rings is 4. The third kappa shape index (κ3) is 26.3. The summed E-state index contributed by atoms with van der Waals surface area (Å²) in [5, 5.41) is 32.0. The van der Waals surface area contributed by atoms with E-state index in [1.807, 2.05) is 104 Å². The minimum atomic E-state index is -3.20. The Labute approximate surface area is 842 Å². The van der Waals surface area contributed by atoms with Crippen LogP contribution in [0, 0.1) is 51.0 Å². The van der Waals surface area contributed by atoms with Gasteiger partial charge in [0.15, 0.2) is 22.8 Å². The van der Waals surface area contributed by atoms with E-state index in [1.165, 1.54) is 44.2 Å². The predicted octanol–water partition coefficient (Wildman–Crippen LogP) is 19.0. The Bertz CT molecular complexity index is 8160. The third-order valence-corrected chi connectivity index (χ3v) is 25.8. The number of benzene rings is 3. The van der Waals surface area contributed by atoms with Crippen LogP contribution < -0.4 is 31.1 Å². The molecule has 0 spiro atoms. The number of anilines is 6. The van der Waals surface area contributed by atoms with E-state index in [-0.39, 0.29) is 94.2 Å². The Morgan fingerprint density at radius 3 is 1.05 bits per heavy atom. The van der Waals surface area contributed by atoms with Crippen LogP contribution in [-0.2, 0) is 44.5 Å². The summed E-state index contributed by atoms with van der Waals surface area (Å²) in [6, 6.07) is 31.5. The van der Waals surface area contributed by atoms with Gasteiger partial charge >= 0.3 is 0 Å². The molecular weight excluding hydrogens is 1930 g/mol. The molecule has 0 unspecified atom stereocenters. The first-order valence-corrected chi connectivity index (χ1v) is 51.0. The lowest BCUT2D eigenvalue weighted by molar-refractivity contribution is 0.0710. The van der Waals surface area contributed by atoms with Crippen LogP contribution in [0.15, 0.2) is 232 Å². The maximum Gasteiger partial charge on any atom is 0.277 e. The van der Waals surface area contributed by atoms with Crippen molar-refractivity contribution in [3.63, 3.8) is 0 Å². The van der Waals surface area contributed by atoms with Gasteiger partial charge in [0, 0.05) is 194 Å². The van der Waals surface area contributed by atoms with Crippen LogP contribution in [-0.4, -0.2) is 179 Å². The molecule has 2 aliphatic heterocycles. The van der Waals surface area contributed by atoms with Crippen LogP contribution >= 0.6 is 0 Å². The molecule has 35 nitrogen and oxygen atoms in total. The van der Waals surface area contributed by atoms with Crippen LogP contribution in [0.25, 0.3) is 90.7 Å². The van der Waals surface area contributed by atoms with Gasteiger partial charge in [0.25, 0.3) is 23.6 Å². The van der Waals surface area contributed by atoms with Gasteiger partial charge in [-0.15, -0.1) is 0 Å². The van der Waals surface area contributed by atoms with Gasteiger partial charge in [0.05, 0.1) is 74.0 Å². The fourth-order valence-electron chi connectivity index (χ4n) is 16.6. The van der Waals surface area contributed by atoms with Crippen LogP contribution in [0.5, 0.6) is 0 Å². The van der Waals surface area contributed by atoms with Gasteiger partial charge in [-0.25, -0.2) is 74.3 Å². The second kappa shape index (κ2) is 43.7. The second-order valence-corrected chi connectivity index (χ2v) is 41.7. The van der Waals surface area contributed by atoms with Gasteiger partial charge in [-0.05, 0) is 203 Å². The number of aryl methyl sites for hydroxylation is 7. The molecule has 147 heavy (non-hydrogen) atoms. The van der Waals surface area contributed by atoms with Gasteiger partial charge in [0.1, 0.15) is 96.2 Å². The van der Waals surface area contributed by atoms with E-state index < -0.39 is 66.0 Å². The predicted molar refractivity (Wildman–Crippen MR) is 549 cm³/mol. The van der Waals surface area contributed by atoms with Crippen molar-refractivity contribution in [3.05, 3.63) is 306 Å². The number of imidazole rings is 4. The molecule has 760 valence electrons. The molecule has 20 rings (SSSR count). The van der Waals surface area contributed by atoms with Crippen molar-refractivity contribution in [2.75, 3.05) is 81.3 Å². The molecule has 0 saturated carbocycles. The number of pyridine rings is 7. The number of fused-ring (bicyclic) bond motifs is 4. The fraction of sp³-hybridized carbons (Fsp3) is 0.274. The number of hydrogen-bond acceptors (Lipinski definition) is 27. The van der Waals surface area contributed by atoms with E-state index in [4.69, 9.17) is 22.7 Å². The summed E-state index contributed by atoms with van der Waals surface area (Å²) in [5.74, 6) is -3.81. The Kier molecular flexibility index (Phi) is 30.8. The highest BCUT2D eigenvalue weighted by atomic mass is 32.2. The molecular formula is C106H107F4N21O14S2. The van der Waals surface area contributed by atoms with Crippen molar-refractivity contribution in [3.8, 4) is 68.1 Å². The number of rotatable bonds is 26. The molecule has 3 aromatic carbocycles. The number of aromatic nitrogens is 15. The first-order chi connectivity index (χ1) is 69.6. The zero-order valence-electron chi connectivity index (χ0n) is 81.2. The van der Waals surface area contributed by atoms with Crippen molar-refractivity contribution in [2.45, 2.75) is 138 Å². The Morgan fingerprint density at radius 1 is 0.381 bits per heavy atom. The second-order valence-electron chi connectivity index (χ2n) is 37.2. The number of nitrogens with one attached hydrogen (secondary N) is 4. The number of carbonyl (C=O) groups is 4. The van der Waals surface area contributed by atoms with E-state index in [9.17, 15) is 63.8 Å². The highest BCUT2D eigenvalue weighted by molar-refractivity contribution is 7.90. The van der Waals surface area contributed by atoms with E-state index in [2.05, 4.69) is 80.9 Å². The summed E-state index contributed by atoms with van der Waals surface area (Å²) in [4.78, 5) is 105. The Morgan fingerprint density at radius 2 is 0.707 bits per heavy atom. The van der Waals surface area contributed by atoms with Crippen molar-refractivity contribution in [1.82, 2.24) is 72.4 Å². The zero-order chi connectivity index (χ0) is 103. The molecule has 0 atom stereocenters. The quantitative estimate of drug-likeness (QED) is 0.0274. The van der Waals surface area contributed by atoms with Crippen LogP contribution in [0.1, 0.15) is 167 Å². The summed E-state index contributed by atoms with van der Waals surface area (Å²) in [5.41, 5.74) is 14.3. The number of carbonyl (C=O) groups excluding carboxylic acids is 4. The van der Waals surface area contributed by atoms with E-state index in [1.54, 1.807) is 122 Å². The van der Waals surface area contributed by atoms with Crippen molar-refractivity contribution < 1.29 is 81.5 Å². The number of aliphatic hydroxyl groups is 2. The minimum Gasteiger partial charge on any atom is -0.444 e. The highest BCUT2D eigenvalue weighted by Crippen LogP contribution is 2.39. The normalized spacial score (nSPS) is 12.9. The van der Waals surface area contributed by atoms with Crippen molar-refractivity contribution in [1.29, 1.82) is 0 Å². The molecule has 2 aliphatic rings. The van der Waals surface area contributed by atoms with E-state index in [0.717, 1.165) is 151 Å². The number of halogens is 4. The third-order valence-electron chi connectivity index (χ3n) is 23.9. The first-order valence-electron chi connectivity index (χ1n) is 46.9. The molecule has 18 aromatic rings. The maximum absolute atomic E-state index is 14.1. The summed E-state index contributed by atoms with van der Waals surface area (Å²) in [6.07, 6.45) is 34.9. The van der Waals surface area contributed by atoms with Gasteiger partial charge in [-0.3, -0.25) is 34.1 Å². The van der Waals surface area contributed by atoms with Gasteiger partial charge < -0.3 is 76.6 Å². The van der Waals surface area contributed by atoms with Gasteiger partial charge in [-0.2, -0.15) is 0 Å². The van der Waals surface area contributed by atoms with Crippen LogP contribution in [0.3, 0.4) is 0 Å². The lowest BCUT2D eigenvalue weighted by atomic mass is 10.0. The Hall–Kier alpha value is -16.3. The lowest BCUT2D eigenvalue weighted by Crippen LogP contribution is -2.30. The van der Waals surface area contributed by atoms with E-state index in [0.29, 0.717) is 98.7 Å². The minimum absolute atomic E-state index is 0. The van der Waals surface area contributed by atoms with Crippen molar-refractivity contribution in [2.24, 2.45) is 0 Å². The molecule has 15 aromatic heterocycles. The fourth-order valence-corrected chi connectivity index (χ4v) is 17.8. The largest absolute Gasteiger partial charge is 0.444 e. The topological polar surface area (TPSA) is 444 Å². The molecule has 17 heterocycles. The molecule has 0 radical (unpaired) electrons. The summed E-state index contributed by atoms with van der Waals surface area (Å²) >= 11 is 0. The number of amides is 4. The number of piperidine rings is 2. The smallest absolute Gasteiger partial charge is 0.277 e. The van der Waals surface area contributed by atoms with Crippen LogP contribution in [0.2, 0.25) is 0 Å². The molecule has 4 amide bonds. The zero-order valence-corrected chi connectivity index (χ0v) is 82.9. The number of sulfone groups is 2. The first kappa shape index (κ1) is 104. The number of nitrogens with zero attached hydrogens (tertiary/aromatic N) is 17.